The van der Waals surface area contributed by atoms with Gasteiger partial charge in [0, 0.05) is 43.2 Å². The molecule has 9 heteroatoms. The SMILES string of the molecule is CCN(C)C(=O)CCCCC(C)Nc1nc(-c2c[nH]c3ncc(F)cc23)ncc1F. The van der Waals surface area contributed by atoms with E-state index in [0.717, 1.165) is 31.7 Å². The lowest BCUT2D eigenvalue weighted by Gasteiger charge is -2.16. The van der Waals surface area contributed by atoms with Crippen LogP contribution in [-0.4, -0.2) is 50.4 Å². The van der Waals surface area contributed by atoms with E-state index in [4.69, 9.17) is 0 Å². The average molecular weight is 416 g/mol. The second-order valence-corrected chi connectivity index (χ2v) is 7.34. The van der Waals surface area contributed by atoms with Crippen LogP contribution in [-0.2, 0) is 4.79 Å². The minimum Gasteiger partial charge on any atom is -0.365 e. The molecule has 0 aromatic carbocycles. The number of aromatic nitrogens is 4. The largest absolute Gasteiger partial charge is 0.365 e. The maximum Gasteiger partial charge on any atom is 0.222 e. The summed E-state index contributed by atoms with van der Waals surface area (Å²) in [5.74, 6) is -0.532. The summed E-state index contributed by atoms with van der Waals surface area (Å²) in [6.45, 7) is 4.58. The van der Waals surface area contributed by atoms with E-state index in [0.29, 0.717) is 29.6 Å². The van der Waals surface area contributed by atoms with Crippen molar-refractivity contribution >= 4 is 22.8 Å². The molecule has 0 fully saturated rings. The maximum atomic E-state index is 14.3. The van der Waals surface area contributed by atoms with Crippen molar-refractivity contribution in [3.05, 3.63) is 36.3 Å². The molecule has 0 spiro atoms. The molecule has 3 rings (SSSR count). The lowest BCUT2D eigenvalue weighted by molar-refractivity contribution is -0.129. The molecule has 3 aromatic rings. The molecule has 0 aliphatic heterocycles. The monoisotopic (exact) mass is 416 g/mol. The fourth-order valence-corrected chi connectivity index (χ4v) is 3.16. The van der Waals surface area contributed by atoms with Gasteiger partial charge in [-0.05, 0) is 32.8 Å². The Hall–Kier alpha value is -3.10. The zero-order valence-corrected chi connectivity index (χ0v) is 17.4. The molecule has 2 N–H and O–H groups in total. The third kappa shape index (κ3) is 5.08. The Bertz CT molecular complexity index is 1020. The van der Waals surface area contributed by atoms with Crippen LogP contribution in [0.1, 0.15) is 39.5 Å². The second-order valence-electron chi connectivity index (χ2n) is 7.34. The number of hydrogen-bond acceptors (Lipinski definition) is 5. The molecule has 0 aliphatic carbocycles. The van der Waals surface area contributed by atoms with Gasteiger partial charge < -0.3 is 15.2 Å². The number of carbonyl (C=O) groups is 1. The predicted molar refractivity (Wildman–Crippen MR) is 112 cm³/mol. The highest BCUT2D eigenvalue weighted by Gasteiger charge is 2.15. The smallest absolute Gasteiger partial charge is 0.222 e. The van der Waals surface area contributed by atoms with E-state index in [1.54, 1.807) is 18.1 Å². The van der Waals surface area contributed by atoms with Crippen molar-refractivity contribution in [2.75, 3.05) is 18.9 Å². The first-order chi connectivity index (χ1) is 14.4. The van der Waals surface area contributed by atoms with Gasteiger partial charge in [-0.1, -0.05) is 6.42 Å². The van der Waals surface area contributed by atoms with Crippen LogP contribution in [0.15, 0.2) is 24.7 Å². The number of H-pyrrole nitrogens is 1. The van der Waals surface area contributed by atoms with Crippen LogP contribution in [0.2, 0.25) is 0 Å². The number of aromatic amines is 1. The number of halogens is 2. The van der Waals surface area contributed by atoms with E-state index in [1.807, 2.05) is 13.8 Å². The van der Waals surface area contributed by atoms with Crippen LogP contribution in [0.5, 0.6) is 0 Å². The number of pyridine rings is 1. The highest BCUT2D eigenvalue weighted by atomic mass is 19.1. The van der Waals surface area contributed by atoms with Gasteiger partial charge in [0.1, 0.15) is 11.5 Å². The lowest BCUT2D eigenvalue weighted by atomic mass is 10.1. The molecule has 3 aromatic heterocycles. The standard InChI is InChI=1S/C21H26F2N6O/c1-4-29(3)18(30)8-6-5-7-13(2)27-21-17(23)12-26-20(28-21)16-11-25-19-15(16)9-14(22)10-24-19/h9-13H,4-8H2,1-3H3,(H,24,25)(H,26,27,28). The Kier molecular flexibility index (Phi) is 6.91. The highest BCUT2D eigenvalue weighted by molar-refractivity contribution is 5.91. The lowest BCUT2D eigenvalue weighted by Crippen LogP contribution is -2.25. The number of fused-ring (bicyclic) bond motifs is 1. The Morgan fingerprint density at radius 2 is 2.07 bits per heavy atom. The Labute approximate surface area is 173 Å². The molecule has 30 heavy (non-hydrogen) atoms. The zero-order chi connectivity index (χ0) is 21.7. The minimum absolute atomic E-state index is 0.0386. The first-order valence-electron chi connectivity index (χ1n) is 10.0. The fraction of sp³-hybridized carbons (Fsp3) is 0.429. The van der Waals surface area contributed by atoms with Gasteiger partial charge in [0.25, 0.3) is 0 Å². The third-order valence-electron chi connectivity index (χ3n) is 5.04. The number of amides is 1. The summed E-state index contributed by atoms with van der Waals surface area (Å²) < 4.78 is 27.8. The average Bonchev–Trinajstić information content (AvgIpc) is 3.15. The van der Waals surface area contributed by atoms with Crippen molar-refractivity contribution in [2.24, 2.45) is 0 Å². The van der Waals surface area contributed by atoms with Crippen molar-refractivity contribution < 1.29 is 13.6 Å². The van der Waals surface area contributed by atoms with Crippen molar-refractivity contribution in [2.45, 2.75) is 45.6 Å². The summed E-state index contributed by atoms with van der Waals surface area (Å²) >= 11 is 0. The van der Waals surface area contributed by atoms with Crippen LogP contribution in [0.3, 0.4) is 0 Å². The normalized spacial score (nSPS) is 12.2. The fourth-order valence-electron chi connectivity index (χ4n) is 3.16. The molecule has 160 valence electrons. The number of rotatable bonds is 9. The van der Waals surface area contributed by atoms with E-state index in [1.165, 1.54) is 6.07 Å². The molecule has 7 nitrogen and oxygen atoms in total. The van der Waals surface area contributed by atoms with Crippen molar-refractivity contribution in [3.63, 3.8) is 0 Å². The summed E-state index contributed by atoms with van der Waals surface area (Å²) in [6, 6.07) is 1.30. The molecule has 1 atom stereocenters. The van der Waals surface area contributed by atoms with Gasteiger partial charge in [0.2, 0.25) is 5.91 Å². The molecule has 0 saturated heterocycles. The van der Waals surface area contributed by atoms with Crippen LogP contribution in [0, 0.1) is 11.6 Å². The van der Waals surface area contributed by atoms with Gasteiger partial charge in [-0.15, -0.1) is 0 Å². The highest BCUT2D eigenvalue weighted by Crippen LogP contribution is 2.27. The number of nitrogens with zero attached hydrogens (tertiary/aromatic N) is 4. The molecule has 0 saturated carbocycles. The van der Waals surface area contributed by atoms with Crippen molar-refractivity contribution in [3.8, 4) is 11.4 Å². The van der Waals surface area contributed by atoms with Crippen LogP contribution < -0.4 is 5.32 Å². The number of hydrogen-bond donors (Lipinski definition) is 2. The van der Waals surface area contributed by atoms with Crippen molar-refractivity contribution in [1.29, 1.82) is 0 Å². The van der Waals surface area contributed by atoms with Gasteiger partial charge in [0.15, 0.2) is 17.5 Å². The molecular formula is C21H26F2N6O. The molecule has 0 aliphatic rings. The van der Waals surface area contributed by atoms with E-state index in [9.17, 15) is 13.6 Å². The third-order valence-corrected chi connectivity index (χ3v) is 5.04. The van der Waals surface area contributed by atoms with E-state index >= 15 is 0 Å². The Balaban J connectivity index is 1.64. The molecule has 3 heterocycles. The summed E-state index contributed by atoms with van der Waals surface area (Å²) in [5.41, 5.74) is 1.05. The molecule has 0 radical (unpaired) electrons. The molecule has 1 amide bonds. The summed E-state index contributed by atoms with van der Waals surface area (Å²) in [7, 11) is 1.79. The summed E-state index contributed by atoms with van der Waals surface area (Å²) in [5, 5.41) is 3.60. The molecule has 0 bridgehead atoms. The van der Waals surface area contributed by atoms with E-state index in [2.05, 4.69) is 25.3 Å². The maximum absolute atomic E-state index is 14.3. The first-order valence-corrected chi connectivity index (χ1v) is 10.0. The predicted octanol–water partition coefficient (Wildman–Crippen LogP) is 4.14. The minimum atomic E-state index is -0.561. The van der Waals surface area contributed by atoms with E-state index in [-0.39, 0.29) is 23.6 Å². The van der Waals surface area contributed by atoms with Crippen LogP contribution >= 0.6 is 0 Å². The Morgan fingerprint density at radius 1 is 1.27 bits per heavy atom. The van der Waals surface area contributed by atoms with Gasteiger partial charge in [0.05, 0.1) is 12.4 Å². The Morgan fingerprint density at radius 3 is 2.83 bits per heavy atom. The number of nitrogens with one attached hydrogen (secondary N) is 2. The summed E-state index contributed by atoms with van der Waals surface area (Å²) in [6.07, 6.45) is 6.74. The van der Waals surface area contributed by atoms with Crippen molar-refractivity contribution in [1.82, 2.24) is 24.8 Å². The number of anilines is 1. The van der Waals surface area contributed by atoms with Gasteiger partial charge in [-0.2, -0.15) is 0 Å². The number of carbonyl (C=O) groups excluding carboxylic acids is 1. The van der Waals surface area contributed by atoms with Crippen LogP contribution in [0.4, 0.5) is 14.6 Å². The zero-order valence-electron chi connectivity index (χ0n) is 17.4. The number of unbranched alkanes of at least 4 members (excludes halogenated alkanes) is 1. The summed E-state index contributed by atoms with van der Waals surface area (Å²) in [4.78, 5) is 28.8. The molecule has 1 unspecified atom stereocenters. The topological polar surface area (TPSA) is 86.8 Å². The van der Waals surface area contributed by atoms with Gasteiger partial charge in [-0.25, -0.2) is 23.7 Å². The quantitative estimate of drug-likeness (QED) is 0.512. The first kappa shape index (κ1) is 21.6. The van der Waals surface area contributed by atoms with E-state index < -0.39 is 11.6 Å². The molecular weight excluding hydrogens is 390 g/mol. The van der Waals surface area contributed by atoms with Gasteiger partial charge >= 0.3 is 0 Å². The van der Waals surface area contributed by atoms with Crippen LogP contribution in [0.25, 0.3) is 22.4 Å². The second kappa shape index (κ2) is 9.60. The van der Waals surface area contributed by atoms with Gasteiger partial charge in [-0.3, -0.25) is 4.79 Å².